The lowest BCUT2D eigenvalue weighted by Crippen LogP contribution is -2.74. The molecule has 440 valence electrons. The molecule has 10 atom stereocenters. The fourth-order valence-electron chi connectivity index (χ4n) is 7.43. The molecule has 34 heteroatoms. The quantitative estimate of drug-likeness (QED) is 0.0569. The highest BCUT2D eigenvalue weighted by Gasteiger charge is 2.95. The Hall–Kier alpha value is -5.35. The molecule has 3 rings (SSSR count). The van der Waals surface area contributed by atoms with Gasteiger partial charge in [-0.3, -0.25) is 28.8 Å². The summed E-state index contributed by atoms with van der Waals surface area (Å²) in [6, 6.07) is 4.41. The zero-order valence-corrected chi connectivity index (χ0v) is 40.7. The number of rotatable bonds is 24. The highest BCUT2D eigenvalue weighted by atomic mass is 19.4. The summed E-state index contributed by atoms with van der Waals surface area (Å²) in [5.74, 6) is -63.1. The molecule has 0 N–H and O–H groups in total. The van der Waals surface area contributed by atoms with Gasteiger partial charge in [-0.05, 0) is 24.0 Å². The molecule has 2 fully saturated rings. The van der Waals surface area contributed by atoms with E-state index < -0.39 is 184 Å². The van der Waals surface area contributed by atoms with Crippen LogP contribution in [0.3, 0.4) is 0 Å². The van der Waals surface area contributed by atoms with Crippen molar-refractivity contribution in [1.29, 1.82) is 0 Å². The number of carbonyl (C=O) groups is 6. The Bertz CT molecular complexity index is 2230. The monoisotopic (exact) mass is 1160 g/mol. The van der Waals surface area contributed by atoms with Gasteiger partial charge in [-0.15, -0.1) is 0 Å². The van der Waals surface area contributed by atoms with Crippen LogP contribution in [0.4, 0.5) is 74.6 Å². The average molecular weight is 1160 g/mol. The SMILES string of the molecule is CO[C@H]1O[C@H](COCc2ccc(CCCC(F)(F)C(F)(F)C(F)(F)C(F)(F)C(F)(F)C(F)(F)C(F)(F)C(F)(F)F)cc2)[C@@H](O[C@@H]2O[C@H](COC(C)=O)[C@H](OC(C)=O)[C@H](OC(C)=O)[C@H]2OC(C)=O)[C@H](OC(C)=O)[C@H]1OC(C)=O. The molecule has 0 aromatic heterocycles. The van der Waals surface area contributed by atoms with Crippen LogP contribution in [-0.4, -0.2) is 165 Å². The Labute approximate surface area is 423 Å². The van der Waals surface area contributed by atoms with Crippen molar-refractivity contribution in [1.82, 2.24) is 0 Å². The number of methoxy groups -OCH3 is 1. The molecule has 0 amide bonds. The average Bonchev–Trinajstić information content (AvgIpc) is 3.28. The predicted molar refractivity (Wildman–Crippen MR) is 213 cm³/mol. The van der Waals surface area contributed by atoms with Crippen LogP contribution in [0.15, 0.2) is 24.3 Å². The van der Waals surface area contributed by atoms with Crippen molar-refractivity contribution in [2.24, 2.45) is 0 Å². The summed E-state index contributed by atoms with van der Waals surface area (Å²) in [7, 11) is 1.06. The van der Waals surface area contributed by atoms with Crippen LogP contribution in [0.25, 0.3) is 0 Å². The second-order valence-corrected chi connectivity index (χ2v) is 16.9. The first kappa shape index (κ1) is 65.9. The van der Waals surface area contributed by atoms with Gasteiger partial charge < -0.3 is 52.1 Å². The van der Waals surface area contributed by atoms with E-state index in [0.29, 0.717) is 0 Å². The zero-order chi connectivity index (χ0) is 59.2. The van der Waals surface area contributed by atoms with E-state index in [-0.39, 0.29) is 11.1 Å². The zero-order valence-electron chi connectivity index (χ0n) is 40.7. The summed E-state index contributed by atoms with van der Waals surface area (Å²) in [6.45, 7) is 3.73. The minimum Gasteiger partial charge on any atom is -0.463 e. The first-order valence-corrected chi connectivity index (χ1v) is 21.9. The smallest absolute Gasteiger partial charge is 0.460 e. The molecule has 0 unspecified atom stereocenters. The lowest BCUT2D eigenvalue weighted by Gasteiger charge is -2.48. The van der Waals surface area contributed by atoms with Crippen LogP contribution >= 0.6 is 0 Å². The Kier molecular flexibility index (Phi) is 21.2. The largest absolute Gasteiger partial charge is 0.463 e. The van der Waals surface area contributed by atoms with Crippen molar-refractivity contribution < 1.29 is 156 Å². The van der Waals surface area contributed by atoms with Crippen molar-refractivity contribution in [3.05, 3.63) is 35.4 Å². The van der Waals surface area contributed by atoms with Gasteiger partial charge in [-0.2, -0.15) is 74.6 Å². The van der Waals surface area contributed by atoms with E-state index in [2.05, 4.69) is 0 Å². The Morgan fingerprint density at radius 1 is 0.455 bits per heavy atom. The molecule has 0 aliphatic carbocycles. The highest BCUT2D eigenvalue weighted by Crippen LogP contribution is 2.64. The number of aryl methyl sites for hydroxylation is 1. The molecule has 1 aromatic rings. The van der Waals surface area contributed by atoms with E-state index in [4.69, 9.17) is 52.1 Å². The summed E-state index contributed by atoms with van der Waals surface area (Å²) in [5, 5.41) is 0. The number of alkyl halides is 17. The number of halogens is 17. The minimum atomic E-state index is -8.74. The van der Waals surface area contributed by atoms with Gasteiger partial charge in [-0.1, -0.05) is 24.3 Å². The second-order valence-electron chi connectivity index (χ2n) is 16.9. The summed E-state index contributed by atoms with van der Waals surface area (Å²) < 4.78 is 294. The maximum absolute atomic E-state index is 14.5. The van der Waals surface area contributed by atoms with Crippen LogP contribution in [-0.2, 0) is 93.9 Å². The van der Waals surface area contributed by atoms with Gasteiger partial charge in [0.15, 0.2) is 43.1 Å². The van der Waals surface area contributed by atoms with Crippen LogP contribution < -0.4 is 0 Å². The summed E-state index contributed by atoms with van der Waals surface area (Å²) in [5.41, 5.74) is 0.00915. The van der Waals surface area contributed by atoms with Gasteiger partial charge in [0.1, 0.15) is 24.9 Å². The maximum Gasteiger partial charge on any atom is 0.460 e. The minimum absolute atomic E-state index is 0.136. The molecule has 0 spiro atoms. The van der Waals surface area contributed by atoms with E-state index in [0.717, 1.165) is 72.9 Å². The van der Waals surface area contributed by atoms with E-state index in [1.807, 2.05) is 0 Å². The van der Waals surface area contributed by atoms with Gasteiger partial charge in [0.25, 0.3) is 0 Å². The molecule has 17 nitrogen and oxygen atoms in total. The second kappa shape index (κ2) is 24.8. The lowest BCUT2D eigenvalue weighted by atomic mass is 9.87. The van der Waals surface area contributed by atoms with Crippen molar-refractivity contribution in [2.45, 2.75) is 176 Å². The molecule has 2 aliphatic heterocycles. The topological polar surface area (TPSA) is 204 Å². The molecule has 2 heterocycles. The molecule has 2 saturated heterocycles. The van der Waals surface area contributed by atoms with Crippen LogP contribution in [0.5, 0.6) is 0 Å². The van der Waals surface area contributed by atoms with E-state index in [9.17, 15) is 103 Å². The Morgan fingerprint density at radius 3 is 1.27 bits per heavy atom. The number of benzene rings is 1. The van der Waals surface area contributed by atoms with Crippen LogP contribution in [0, 0.1) is 0 Å². The van der Waals surface area contributed by atoms with Crippen LogP contribution in [0.1, 0.15) is 65.5 Å². The van der Waals surface area contributed by atoms with Gasteiger partial charge in [0, 0.05) is 55.1 Å². The molecule has 77 heavy (non-hydrogen) atoms. The van der Waals surface area contributed by atoms with Gasteiger partial charge in [0.2, 0.25) is 0 Å². The van der Waals surface area contributed by atoms with Crippen molar-refractivity contribution in [2.75, 3.05) is 20.3 Å². The normalized spacial score (nSPS) is 25.0. The molecular formula is C43H47F17O17. The standard InChI is InChI=1S/C43H47F17O17/c1-18(61)69-17-27-28(70-19(2)62)30(71-20(3)63)33(74-23(6)66)35(76-27)77-29-26(75-34(67-7)32(73-22(5)65)31(29)72-21(4)64)16-68-15-25-12-10-24(11-13-25)9-8-14-36(44,45)37(46,47)38(48,49)39(50,51)40(52,53)41(54,55)42(56,57)43(58,59)60/h10-13,26-35H,8-9,14-17H2,1-7H3/t26-,27-,28+,29-,30+,31+,32-,33-,34+,35+/m1/s1. The fraction of sp³-hybridized carbons (Fsp3) is 0.721. The summed E-state index contributed by atoms with van der Waals surface area (Å²) in [6.07, 6.45) is -30.1. The third-order valence-corrected chi connectivity index (χ3v) is 11.0. The number of ether oxygens (including phenoxy) is 11. The Balaban J connectivity index is 1.91. The lowest BCUT2D eigenvalue weighted by molar-refractivity contribution is -0.461. The molecule has 2 aliphatic rings. The number of hydrogen-bond donors (Lipinski definition) is 0. The van der Waals surface area contributed by atoms with Crippen molar-refractivity contribution in [3.8, 4) is 0 Å². The van der Waals surface area contributed by atoms with Gasteiger partial charge in [-0.25, -0.2) is 0 Å². The number of carbonyl (C=O) groups excluding carboxylic acids is 6. The number of esters is 6. The van der Waals surface area contributed by atoms with E-state index in [1.54, 1.807) is 0 Å². The van der Waals surface area contributed by atoms with E-state index in [1.165, 1.54) is 0 Å². The third-order valence-electron chi connectivity index (χ3n) is 11.0. The molecule has 0 bridgehead atoms. The molecule has 0 radical (unpaired) electrons. The Morgan fingerprint density at radius 2 is 0.831 bits per heavy atom. The van der Waals surface area contributed by atoms with Crippen molar-refractivity contribution >= 4 is 35.8 Å². The maximum atomic E-state index is 14.5. The number of hydrogen-bond acceptors (Lipinski definition) is 17. The fourth-order valence-corrected chi connectivity index (χ4v) is 7.43. The predicted octanol–water partition coefficient (Wildman–Crippen LogP) is 7.24. The first-order chi connectivity index (χ1) is 35.0. The third kappa shape index (κ3) is 14.5. The van der Waals surface area contributed by atoms with Crippen LogP contribution in [0.2, 0.25) is 0 Å². The van der Waals surface area contributed by atoms with Crippen molar-refractivity contribution in [3.63, 3.8) is 0 Å². The first-order valence-electron chi connectivity index (χ1n) is 21.9. The molecule has 0 saturated carbocycles. The highest BCUT2D eigenvalue weighted by molar-refractivity contribution is 5.69. The summed E-state index contributed by atoms with van der Waals surface area (Å²) in [4.78, 5) is 73.9. The van der Waals surface area contributed by atoms with E-state index >= 15 is 0 Å². The molecule has 1 aromatic carbocycles. The van der Waals surface area contributed by atoms with Gasteiger partial charge in [0.05, 0.1) is 13.2 Å². The molecular weight excluding hydrogens is 1110 g/mol. The summed E-state index contributed by atoms with van der Waals surface area (Å²) >= 11 is 0. The van der Waals surface area contributed by atoms with Gasteiger partial charge >= 0.3 is 83.4 Å².